The maximum Gasteiger partial charge on any atom is 0.312 e. The number of fused-ring (bicyclic) bond motifs is 1. The predicted octanol–water partition coefficient (Wildman–Crippen LogP) is 6.75. The summed E-state index contributed by atoms with van der Waals surface area (Å²) in [6.45, 7) is 18.9. The van der Waals surface area contributed by atoms with Gasteiger partial charge in [-0.1, -0.05) is 63.2 Å². The molecule has 0 spiro atoms. The molecule has 0 aliphatic carbocycles. The van der Waals surface area contributed by atoms with E-state index in [9.17, 15) is 4.79 Å². The molecule has 0 saturated heterocycles. The summed E-state index contributed by atoms with van der Waals surface area (Å²) in [4.78, 5) is 13.1. The maximum absolute atomic E-state index is 13.1. The molecule has 0 aliphatic rings. The van der Waals surface area contributed by atoms with E-state index in [1.165, 1.54) is 10.8 Å². The van der Waals surface area contributed by atoms with Crippen LogP contribution in [0.2, 0.25) is 18.1 Å². The second-order valence-corrected chi connectivity index (χ2v) is 15.4. The Morgan fingerprint density at radius 1 is 0.966 bits per heavy atom. The first kappa shape index (κ1) is 23.6. The molecule has 4 heteroatoms. The largest absolute Gasteiger partial charge is 0.460 e. The van der Waals surface area contributed by atoms with Crippen molar-refractivity contribution >= 4 is 25.1 Å². The number of benzene rings is 2. The van der Waals surface area contributed by atoms with Gasteiger partial charge in [-0.05, 0) is 68.6 Å². The highest BCUT2D eigenvalue weighted by atomic mass is 28.4. The van der Waals surface area contributed by atoms with Gasteiger partial charge in [0.25, 0.3) is 0 Å². The van der Waals surface area contributed by atoms with E-state index >= 15 is 0 Å². The van der Waals surface area contributed by atoms with E-state index in [2.05, 4.69) is 64.2 Å². The Balaban J connectivity index is 2.31. The molecular weight excluding hydrogens is 376 g/mol. The number of ether oxygens (including phenoxy) is 1. The van der Waals surface area contributed by atoms with E-state index in [0.717, 1.165) is 5.56 Å². The molecular formula is C25H38O3Si. The number of hydrogen-bond donors (Lipinski definition) is 0. The number of carbonyl (C=O) groups excluding carboxylic acids is 1. The first-order valence-corrected chi connectivity index (χ1v) is 13.5. The van der Waals surface area contributed by atoms with Crippen LogP contribution < -0.4 is 0 Å². The molecule has 0 bridgehead atoms. The SMILES string of the molecule is CC(O[Si](C)(C)C(C)(C)C)C(Cc1ccc2ccccc2c1)C(=O)OC(C)(C)C. The smallest absolute Gasteiger partial charge is 0.312 e. The van der Waals surface area contributed by atoms with Crippen LogP contribution in [0.15, 0.2) is 42.5 Å². The molecule has 2 rings (SSSR count). The van der Waals surface area contributed by atoms with Crippen molar-refractivity contribution in [3.05, 3.63) is 48.0 Å². The molecule has 3 nitrogen and oxygen atoms in total. The lowest BCUT2D eigenvalue weighted by Crippen LogP contribution is -2.47. The predicted molar refractivity (Wildman–Crippen MR) is 125 cm³/mol. The normalized spacial score (nSPS) is 15.2. The van der Waals surface area contributed by atoms with Crippen LogP contribution in [-0.4, -0.2) is 26.0 Å². The van der Waals surface area contributed by atoms with Crippen LogP contribution >= 0.6 is 0 Å². The van der Waals surface area contributed by atoms with Crippen molar-refractivity contribution in [3.63, 3.8) is 0 Å². The van der Waals surface area contributed by atoms with E-state index in [1.54, 1.807) is 0 Å². The third kappa shape index (κ3) is 6.41. The Morgan fingerprint density at radius 3 is 2.10 bits per heavy atom. The third-order valence-electron chi connectivity index (χ3n) is 5.83. The molecule has 0 saturated carbocycles. The van der Waals surface area contributed by atoms with Crippen LogP contribution in [0.25, 0.3) is 10.8 Å². The molecule has 0 aliphatic heterocycles. The number of esters is 1. The minimum absolute atomic E-state index is 0.0860. The van der Waals surface area contributed by atoms with Gasteiger partial charge in [0.15, 0.2) is 8.32 Å². The molecule has 29 heavy (non-hydrogen) atoms. The Labute approximate surface area is 177 Å². The van der Waals surface area contributed by atoms with Crippen molar-refractivity contribution in [2.75, 3.05) is 0 Å². The monoisotopic (exact) mass is 414 g/mol. The minimum Gasteiger partial charge on any atom is -0.460 e. The molecule has 2 atom stereocenters. The van der Waals surface area contributed by atoms with Gasteiger partial charge < -0.3 is 9.16 Å². The zero-order valence-corrected chi connectivity index (χ0v) is 20.6. The summed E-state index contributed by atoms with van der Waals surface area (Å²) in [5, 5.41) is 2.48. The fourth-order valence-corrected chi connectivity index (χ4v) is 4.61. The van der Waals surface area contributed by atoms with Crippen LogP contribution in [0.1, 0.15) is 54.0 Å². The maximum atomic E-state index is 13.1. The quantitative estimate of drug-likeness (QED) is 0.387. The zero-order valence-electron chi connectivity index (χ0n) is 19.6. The van der Waals surface area contributed by atoms with Gasteiger partial charge in [0.1, 0.15) is 5.60 Å². The molecule has 0 heterocycles. The van der Waals surface area contributed by atoms with Crippen LogP contribution in [0.4, 0.5) is 0 Å². The second-order valence-electron chi connectivity index (χ2n) is 10.6. The Bertz CT molecular complexity index is 843. The van der Waals surface area contributed by atoms with Crippen molar-refractivity contribution in [2.45, 2.75) is 84.7 Å². The van der Waals surface area contributed by atoms with Crippen LogP contribution in [0.5, 0.6) is 0 Å². The van der Waals surface area contributed by atoms with Crippen LogP contribution in [0, 0.1) is 5.92 Å². The summed E-state index contributed by atoms with van der Waals surface area (Å²) >= 11 is 0. The summed E-state index contributed by atoms with van der Waals surface area (Å²) in [5.74, 6) is -0.526. The lowest BCUT2D eigenvalue weighted by molar-refractivity contribution is -0.163. The van der Waals surface area contributed by atoms with Crippen molar-refractivity contribution in [2.24, 2.45) is 5.92 Å². The van der Waals surface area contributed by atoms with Crippen LogP contribution in [-0.2, 0) is 20.4 Å². The van der Waals surface area contributed by atoms with Crippen molar-refractivity contribution < 1.29 is 14.0 Å². The highest BCUT2D eigenvalue weighted by molar-refractivity contribution is 6.74. The van der Waals surface area contributed by atoms with Gasteiger partial charge in [0.05, 0.1) is 12.0 Å². The first-order valence-electron chi connectivity index (χ1n) is 10.6. The summed E-state index contributed by atoms with van der Waals surface area (Å²) < 4.78 is 12.4. The van der Waals surface area contributed by atoms with Crippen molar-refractivity contribution in [3.8, 4) is 0 Å². The average molecular weight is 415 g/mol. The van der Waals surface area contributed by atoms with Gasteiger partial charge in [-0.3, -0.25) is 4.79 Å². The molecule has 0 aromatic heterocycles. The molecule has 2 unspecified atom stereocenters. The Hall–Kier alpha value is -1.65. The summed E-state index contributed by atoms with van der Waals surface area (Å²) in [5.41, 5.74) is 0.611. The highest BCUT2D eigenvalue weighted by Crippen LogP contribution is 2.38. The van der Waals surface area contributed by atoms with Gasteiger partial charge >= 0.3 is 5.97 Å². The number of carbonyl (C=O) groups is 1. The fourth-order valence-electron chi connectivity index (χ4n) is 3.16. The Morgan fingerprint density at radius 2 is 1.55 bits per heavy atom. The summed E-state index contributed by atoms with van der Waals surface area (Å²) in [7, 11) is -2.00. The summed E-state index contributed by atoms with van der Waals surface area (Å²) in [6, 6.07) is 14.7. The molecule has 0 radical (unpaired) electrons. The minimum atomic E-state index is -2.00. The number of rotatable bonds is 6. The van der Waals surface area contributed by atoms with Gasteiger partial charge in [-0.2, -0.15) is 0 Å². The van der Waals surface area contributed by atoms with Crippen molar-refractivity contribution in [1.29, 1.82) is 0 Å². The lowest BCUT2D eigenvalue weighted by Gasteiger charge is -2.40. The second kappa shape index (κ2) is 8.61. The third-order valence-corrected chi connectivity index (χ3v) is 10.4. The average Bonchev–Trinajstić information content (AvgIpc) is 2.56. The van der Waals surface area contributed by atoms with Gasteiger partial charge in [0, 0.05) is 0 Å². The van der Waals surface area contributed by atoms with Crippen LogP contribution in [0.3, 0.4) is 0 Å². The highest BCUT2D eigenvalue weighted by Gasteiger charge is 2.41. The summed E-state index contributed by atoms with van der Waals surface area (Å²) in [6.07, 6.45) is 0.396. The van der Waals surface area contributed by atoms with Gasteiger partial charge in [-0.15, -0.1) is 0 Å². The zero-order chi connectivity index (χ0) is 22.0. The van der Waals surface area contributed by atoms with Crippen molar-refractivity contribution in [1.82, 2.24) is 0 Å². The molecule has 0 amide bonds. The fraction of sp³-hybridized carbons (Fsp3) is 0.560. The van der Waals surface area contributed by atoms with Gasteiger partial charge in [-0.25, -0.2) is 0 Å². The van der Waals surface area contributed by atoms with E-state index < -0.39 is 13.9 Å². The molecule has 2 aromatic carbocycles. The van der Waals surface area contributed by atoms with Gasteiger partial charge in [0.2, 0.25) is 0 Å². The first-order chi connectivity index (χ1) is 13.2. The molecule has 160 valence electrons. The Kier molecular flexibility index (Phi) is 7.01. The number of hydrogen-bond acceptors (Lipinski definition) is 3. The molecule has 0 N–H and O–H groups in total. The molecule has 0 fully saturated rings. The van der Waals surface area contributed by atoms with E-state index in [1.807, 2.05) is 39.8 Å². The lowest BCUT2D eigenvalue weighted by atomic mass is 9.93. The van der Waals surface area contributed by atoms with E-state index in [0.29, 0.717) is 6.42 Å². The molecule has 2 aromatic rings. The standard InChI is InChI=1S/C25H38O3Si/c1-18(28-29(8,9)25(5,6)7)22(23(26)27-24(2,3)4)17-19-14-15-20-12-10-11-13-21(20)16-19/h10-16,18,22H,17H2,1-9H3. The van der Waals surface area contributed by atoms with E-state index in [-0.39, 0.29) is 23.0 Å². The van der Waals surface area contributed by atoms with E-state index in [4.69, 9.17) is 9.16 Å². The topological polar surface area (TPSA) is 35.5 Å².